The van der Waals surface area contributed by atoms with Crippen molar-refractivity contribution in [2.75, 3.05) is 14.2 Å². The highest BCUT2D eigenvalue weighted by Gasteiger charge is 2.57. The number of ketones is 1. The van der Waals surface area contributed by atoms with Gasteiger partial charge in [0.2, 0.25) is 5.78 Å². The van der Waals surface area contributed by atoms with Gasteiger partial charge in [-0.25, -0.2) is 9.59 Å². The average molecular weight is 429 g/mol. The third-order valence-corrected chi connectivity index (χ3v) is 5.90. The summed E-state index contributed by atoms with van der Waals surface area (Å²) >= 11 is 0. The van der Waals surface area contributed by atoms with Crippen LogP contribution in [-0.2, 0) is 23.8 Å². The van der Waals surface area contributed by atoms with Crippen LogP contribution in [0, 0.1) is 0 Å². The van der Waals surface area contributed by atoms with Crippen LogP contribution in [0.3, 0.4) is 0 Å². The molecule has 0 N–H and O–H groups in total. The Labute approximate surface area is 184 Å². The van der Waals surface area contributed by atoms with Crippen LogP contribution < -0.4 is 0 Å². The van der Waals surface area contributed by atoms with Crippen molar-refractivity contribution in [1.82, 2.24) is 4.90 Å². The maximum Gasteiger partial charge on any atom is 0.355 e. The molecule has 0 bridgehead atoms. The monoisotopic (exact) mass is 429 g/mol. The molecule has 2 aliphatic heterocycles. The van der Waals surface area contributed by atoms with Gasteiger partial charge < -0.3 is 19.1 Å². The zero-order valence-corrected chi connectivity index (χ0v) is 17.4. The Morgan fingerprint density at radius 2 is 1.62 bits per heavy atom. The lowest BCUT2D eigenvalue weighted by molar-refractivity contribution is -0.153. The molecule has 2 heterocycles. The van der Waals surface area contributed by atoms with Crippen molar-refractivity contribution in [1.29, 1.82) is 0 Å². The highest BCUT2D eigenvalue weighted by molar-refractivity contribution is 6.18. The van der Waals surface area contributed by atoms with Crippen LogP contribution in [0.4, 0.5) is 0 Å². The van der Waals surface area contributed by atoms with E-state index in [0.29, 0.717) is 11.1 Å². The molecule has 0 aromatic heterocycles. The Balaban J connectivity index is 1.82. The molecule has 0 radical (unpaired) electrons. The van der Waals surface area contributed by atoms with Gasteiger partial charge in [-0.15, -0.1) is 0 Å². The van der Waals surface area contributed by atoms with E-state index in [-0.39, 0.29) is 11.3 Å². The van der Waals surface area contributed by atoms with Crippen LogP contribution in [0.15, 0.2) is 72.1 Å². The van der Waals surface area contributed by atoms with Gasteiger partial charge in [-0.05, 0) is 23.3 Å². The number of carbonyl (C=O) groups is 3. The predicted octanol–water partition coefficient (Wildman–Crippen LogP) is 3.25. The van der Waals surface area contributed by atoms with E-state index in [1.165, 1.54) is 25.2 Å². The summed E-state index contributed by atoms with van der Waals surface area (Å²) in [5.41, 5.74) is 0.532. The van der Waals surface area contributed by atoms with Crippen molar-refractivity contribution in [3.8, 4) is 0 Å². The van der Waals surface area contributed by atoms with Gasteiger partial charge in [0.15, 0.2) is 11.8 Å². The molecule has 1 spiro atoms. The molecule has 32 heavy (non-hydrogen) atoms. The second-order valence-corrected chi connectivity index (χ2v) is 7.51. The van der Waals surface area contributed by atoms with E-state index in [0.717, 1.165) is 11.1 Å². The van der Waals surface area contributed by atoms with E-state index in [1.807, 2.05) is 30.3 Å². The molecule has 5 rings (SSSR count). The Bertz CT molecular complexity index is 1260. The quantitative estimate of drug-likeness (QED) is 0.678. The number of hydrogen-bond donors (Lipinski definition) is 0. The van der Waals surface area contributed by atoms with Crippen LogP contribution in [0.1, 0.15) is 33.3 Å². The fraction of sp³-hybridized carbons (Fsp3) is 0.160. The van der Waals surface area contributed by atoms with Crippen LogP contribution >= 0.6 is 0 Å². The van der Waals surface area contributed by atoms with Gasteiger partial charge in [0.05, 0.1) is 14.2 Å². The molecule has 1 unspecified atom stereocenters. The Kier molecular flexibility index (Phi) is 4.56. The number of benzene rings is 2. The Morgan fingerprint density at radius 1 is 0.938 bits per heavy atom. The van der Waals surface area contributed by atoms with Crippen molar-refractivity contribution < 1.29 is 28.6 Å². The first-order chi connectivity index (χ1) is 15.5. The lowest BCUT2D eigenvalue weighted by Gasteiger charge is -2.47. The first-order valence-corrected chi connectivity index (χ1v) is 9.99. The van der Waals surface area contributed by atoms with Gasteiger partial charge in [0.1, 0.15) is 11.3 Å². The summed E-state index contributed by atoms with van der Waals surface area (Å²) in [7, 11) is 2.41. The number of nitrogens with zero attached hydrogens (tertiary/aromatic N) is 1. The lowest BCUT2D eigenvalue weighted by Crippen LogP contribution is -2.55. The van der Waals surface area contributed by atoms with Crippen LogP contribution in [-0.4, -0.2) is 42.4 Å². The van der Waals surface area contributed by atoms with Crippen molar-refractivity contribution in [2.24, 2.45) is 0 Å². The topological polar surface area (TPSA) is 82.1 Å². The second-order valence-electron chi connectivity index (χ2n) is 7.51. The predicted molar refractivity (Wildman–Crippen MR) is 115 cm³/mol. The number of ether oxygens (including phenoxy) is 3. The molecule has 7 nitrogen and oxygen atoms in total. The molecule has 2 aromatic rings. The summed E-state index contributed by atoms with van der Waals surface area (Å²) in [5, 5.41) is 0. The maximum absolute atomic E-state index is 13.9. The number of Topliss-reactive ketones (excluding diaryl/α,β-unsaturated/α-hetero) is 1. The smallest absolute Gasteiger partial charge is 0.355 e. The van der Waals surface area contributed by atoms with Crippen molar-refractivity contribution in [2.45, 2.75) is 11.8 Å². The minimum Gasteiger partial charge on any atom is -0.465 e. The van der Waals surface area contributed by atoms with Crippen LogP contribution in [0.5, 0.6) is 0 Å². The minimum absolute atomic E-state index is 0.0984. The van der Waals surface area contributed by atoms with Crippen LogP contribution in [0.2, 0.25) is 0 Å². The highest BCUT2D eigenvalue weighted by atomic mass is 16.6. The molecule has 0 saturated carbocycles. The standard InChI is InChI=1S/C25H19NO6/c1-30-23(28)19-20(24(29)31-2)26-14-12-16-8-4-6-10-18(16)22(26)32-25(19)13-11-15-7-3-5-9-17(15)21(25)27/h3-14,22H,1-2H3/t22-,25?/m1/s1. The van der Waals surface area contributed by atoms with Crippen molar-refractivity contribution in [3.05, 3.63) is 94.3 Å². The number of hydrogen-bond acceptors (Lipinski definition) is 7. The minimum atomic E-state index is -1.86. The molecule has 160 valence electrons. The molecule has 7 heteroatoms. The number of methoxy groups -OCH3 is 2. The number of rotatable bonds is 2. The third-order valence-electron chi connectivity index (χ3n) is 5.90. The molecule has 0 amide bonds. The summed E-state index contributed by atoms with van der Waals surface area (Å²) in [6.45, 7) is 0. The van der Waals surface area contributed by atoms with E-state index in [9.17, 15) is 14.4 Å². The second kappa shape index (κ2) is 7.32. The summed E-state index contributed by atoms with van der Waals surface area (Å²) in [5.74, 6) is -2.08. The first-order valence-electron chi connectivity index (χ1n) is 9.99. The highest BCUT2D eigenvalue weighted by Crippen LogP contribution is 2.48. The summed E-state index contributed by atoms with van der Waals surface area (Å²) < 4.78 is 16.5. The largest absolute Gasteiger partial charge is 0.465 e. The molecule has 2 aromatic carbocycles. The van der Waals surface area contributed by atoms with E-state index >= 15 is 0 Å². The maximum atomic E-state index is 13.9. The number of carbonyl (C=O) groups excluding carboxylic acids is 3. The summed E-state index contributed by atoms with van der Waals surface area (Å²) in [4.78, 5) is 41.4. The van der Waals surface area contributed by atoms with E-state index in [2.05, 4.69) is 0 Å². The molecular formula is C25H19NO6. The van der Waals surface area contributed by atoms with Gasteiger partial charge in [-0.1, -0.05) is 54.6 Å². The Morgan fingerprint density at radius 3 is 2.38 bits per heavy atom. The lowest BCUT2D eigenvalue weighted by atomic mass is 9.77. The SMILES string of the molecule is COC(=O)C1=C(C(=O)OC)C2(C=Cc3ccccc3C2=O)O[C@@H]2c3ccccc3C=CN12. The fourth-order valence-corrected chi connectivity index (χ4v) is 4.40. The fourth-order valence-electron chi connectivity index (χ4n) is 4.40. The molecule has 0 fully saturated rings. The average Bonchev–Trinajstić information content (AvgIpc) is 2.84. The summed E-state index contributed by atoms with van der Waals surface area (Å²) in [6, 6.07) is 14.5. The molecular weight excluding hydrogens is 410 g/mol. The van der Waals surface area contributed by atoms with E-state index < -0.39 is 29.6 Å². The molecule has 2 atom stereocenters. The van der Waals surface area contributed by atoms with Gasteiger partial charge in [0.25, 0.3) is 0 Å². The van der Waals surface area contributed by atoms with Crippen molar-refractivity contribution in [3.63, 3.8) is 0 Å². The molecule has 0 saturated heterocycles. The van der Waals surface area contributed by atoms with Gasteiger partial charge in [-0.3, -0.25) is 4.79 Å². The zero-order chi connectivity index (χ0) is 22.5. The van der Waals surface area contributed by atoms with Crippen molar-refractivity contribution >= 4 is 29.9 Å². The van der Waals surface area contributed by atoms with E-state index in [4.69, 9.17) is 14.2 Å². The number of fused-ring (bicyclic) bond motifs is 4. The molecule has 1 aliphatic carbocycles. The first kappa shape index (κ1) is 20.0. The summed E-state index contributed by atoms with van der Waals surface area (Å²) in [6.07, 6.45) is 5.84. The molecule has 3 aliphatic rings. The third kappa shape index (κ3) is 2.68. The van der Waals surface area contributed by atoms with Gasteiger partial charge in [-0.2, -0.15) is 0 Å². The number of esters is 2. The zero-order valence-electron chi connectivity index (χ0n) is 17.4. The normalized spacial score (nSPS) is 22.9. The van der Waals surface area contributed by atoms with Crippen LogP contribution in [0.25, 0.3) is 12.2 Å². The van der Waals surface area contributed by atoms with Gasteiger partial charge >= 0.3 is 11.9 Å². The van der Waals surface area contributed by atoms with Gasteiger partial charge in [0, 0.05) is 17.3 Å². The Hall–Kier alpha value is -3.97. The van der Waals surface area contributed by atoms with E-state index in [1.54, 1.807) is 36.6 Å².